The highest BCUT2D eigenvalue weighted by molar-refractivity contribution is 5.90. The molecule has 1 fully saturated rings. The largest absolute Gasteiger partial charge is 0.458 e. The molecule has 2 rings (SSSR count). The average Bonchev–Trinajstić information content (AvgIpc) is 3.12. The van der Waals surface area contributed by atoms with E-state index >= 15 is 0 Å². The number of benzene rings is 1. The van der Waals surface area contributed by atoms with Crippen LogP contribution in [0.4, 0.5) is 4.79 Å². The van der Waals surface area contributed by atoms with Crippen LogP contribution < -0.4 is 5.32 Å². The fraction of sp³-hybridized carbons (Fsp3) is 0.609. The van der Waals surface area contributed by atoms with Gasteiger partial charge in [0.1, 0.15) is 24.3 Å². The summed E-state index contributed by atoms with van der Waals surface area (Å²) in [6.07, 6.45) is 0.598. The predicted molar refractivity (Wildman–Crippen MR) is 114 cm³/mol. The van der Waals surface area contributed by atoms with E-state index < -0.39 is 35.2 Å². The van der Waals surface area contributed by atoms with Crippen molar-refractivity contribution in [1.29, 1.82) is 0 Å². The Balaban J connectivity index is 2.07. The minimum atomic E-state index is -0.830. The third-order valence-corrected chi connectivity index (χ3v) is 4.80. The van der Waals surface area contributed by atoms with Crippen LogP contribution in [0.15, 0.2) is 30.3 Å². The highest BCUT2D eigenvalue weighted by atomic mass is 16.6. The van der Waals surface area contributed by atoms with E-state index in [9.17, 15) is 14.4 Å². The summed E-state index contributed by atoms with van der Waals surface area (Å²) in [6.45, 7) is 11.6. The number of alkyl carbamates (subject to hydrolysis) is 1. The van der Waals surface area contributed by atoms with Gasteiger partial charge in [-0.25, -0.2) is 9.59 Å². The van der Waals surface area contributed by atoms with Gasteiger partial charge in [-0.15, -0.1) is 0 Å². The lowest BCUT2D eigenvalue weighted by Crippen LogP contribution is -2.57. The highest BCUT2D eigenvalue weighted by Gasteiger charge is 2.43. The molecule has 1 aliphatic heterocycles. The molecule has 0 bridgehead atoms. The molecule has 1 heterocycles. The van der Waals surface area contributed by atoms with Crippen molar-refractivity contribution in [3.05, 3.63) is 35.9 Å². The molecule has 1 aromatic carbocycles. The zero-order chi connectivity index (χ0) is 22.5. The zero-order valence-corrected chi connectivity index (χ0v) is 18.9. The minimum absolute atomic E-state index is 0.113. The third kappa shape index (κ3) is 6.75. The van der Waals surface area contributed by atoms with Crippen LogP contribution in [0.2, 0.25) is 0 Å². The summed E-state index contributed by atoms with van der Waals surface area (Å²) in [7, 11) is 0. The zero-order valence-electron chi connectivity index (χ0n) is 18.9. The average molecular weight is 419 g/mol. The van der Waals surface area contributed by atoms with Crippen molar-refractivity contribution in [2.45, 2.75) is 78.7 Å². The van der Waals surface area contributed by atoms with E-state index in [-0.39, 0.29) is 12.5 Å². The standard InChI is InChI=1S/C23H34N2O5/c1-22(2,3)18(24-21(28)29-15-16-11-8-7-9-12-16)19(26)25-14-10-13-17(25)20(27)30-23(4,5)6/h7-9,11-12,17-18H,10,13-15H2,1-6H3,(H,24,28). The minimum Gasteiger partial charge on any atom is -0.458 e. The number of likely N-dealkylation sites (tertiary alicyclic amines) is 1. The van der Waals surface area contributed by atoms with E-state index in [4.69, 9.17) is 9.47 Å². The molecule has 0 aromatic heterocycles. The molecule has 1 saturated heterocycles. The number of ether oxygens (including phenoxy) is 2. The second kappa shape index (κ2) is 9.49. The van der Waals surface area contributed by atoms with Crippen LogP contribution in [-0.2, 0) is 25.7 Å². The number of hydrogen-bond acceptors (Lipinski definition) is 5. The molecule has 1 aromatic rings. The number of amides is 2. The Labute approximate surface area is 179 Å². The first kappa shape index (κ1) is 23.7. The Hall–Kier alpha value is -2.57. The van der Waals surface area contributed by atoms with Crippen molar-refractivity contribution in [3.63, 3.8) is 0 Å². The molecule has 0 radical (unpaired) electrons. The van der Waals surface area contributed by atoms with Gasteiger partial charge in [0.05, 0.1) is 0 Å². The van der Waals surface area contributed by atoms with Crippen LogP contribution in [0.5, 0.6) is 0 Å². The van der Waals surface area contributed by atoms with Crippen molar-refractivity contribution in [2.75, 3.05) is 6.54 Å². The van der Waals surface area contributed by atoms with Crippen LogP contribution in [0, 0.1) is 5.41 Å². The smallest absolute Gasteiger partial charge is 0.408 e. The maximum Gasteiger partial charge on any atom is 0.408 e. The van der Waals surface area contributed by atoms with Gasteiger partial charge < -0.3 is 19.7 Å². The molecule has 2 amide bonds. The van der Waals surface area contributed by atoms with Crippen molar-refractivity contribution in [2.24, 2.45) is 5.41 Å². The molecule has 1 N–H and O–H groups in total. The molecule has 0 saturated carbocycles. The van der Waals surface area contributed by atoms with Crippen LogP contribution >= 0.6 is 0 Å². The summed E-state index contributed by atoms with van der Waals surface area (Å²) in [4.78, 5) is 39.9. The topological polar surface area (TPSA) is 84.9 Å². The summed E-state index contributed by atoms with van der Waals surface area (Å²) >= 11 is 0. The fourth-order valence-electron chi connectivity index (χ4n) is 3.34. The molecule has 0 aliphatic carbocycles. The van der Waals surface area contributed by atoms with E-state index in [1.807, 2.05) is 51.1 Å². The number of nitrogens with zero attached hydrogens (tertiary/aromatic N) is 1. The lowest BCUT2D eigenvalue weighted by Gasteiger charge is -2.35. The molecule has 7 nitrogen and oxygen atoms in total. The number of rotatable bonds is 5. The first-order valence-electron chi connectivity index (χ1n) is 10.4. The second-order valence-corrected chi connectivity index (χ2v) is 9.73. The summed E-state index contributed by atoms with van der Waals surface area (Å²) < 4.78 is 10.8. The summed E-state index contributed by atoms with van der Waals surface area (Å²) in [5, 5.41) is 2.71. The fourth-order valence-corrected chi connectivity index (χ4v) is 3.34. The van der Waals surface area contributed by atoms with Crippen molar-refractivity contribution in [3.8, 4) is 0 Å². The van der Waals surface area contributed by atoms with E-state index in [2.05, 4.69) is 5.32 Å². The SMILES string of the molecule is CC(C)(C)OC(=O)C1CCCN1C(=O)C(NC(=O)OCc1ccccc1)C(C)(C)C. The lowest BCUT2D eigenvalue weighted by molar-refractivity contribution is -0.164. The van der Waals surface area contributed by atoms with Crippen molar-refractivity contribution < 1.29 is 23.9 Å². The van der Waals surface area contributed by atoms with Gasteiger partial charge in [0.15, 0.2) is 0 Å². The van der Waals surface area contributed by atoms with Gasteiger partial charge in [0.25, 0.3) is 0 Å². The Kier molecular flexibility index (Phi) is 7.50. The number of carbonyl (C=O) groups is 3. The molecule has 30 heavy (non-hydrogen) atoms. The Morgan fingerprint density at radius 3 is 2.30 bits per heavy atom. The van der Waals surface area contributed by atoms with E-state index in [0.29, 0.717) is 19.4 Å². The predicted octanol–water partition coefficient (Wildman–Crippen LogP) is 3.66. The van der Waals surface area contributed by atoms with Crippen molar-refractivity contribution in [1.82, 2.24) is 10.2 Å². The van der Waals surface area contributed by atoms with Crippen LogP contribution in [0.3, 0.4) is 0 Å². The molecule has 7 heteroatoms. The van der Waals surface area contributed by atoms with Crippen LogP contribution in [0.25, 0.3) is 0 Å². The molecule has 1 aliphatic rings. The molecule has 166 valence electrons. The number of nitrogens with one attached hydrogen (secondary N) is 1. The van der Waals surface area contributed by atoms with E-state index in [1.54, 1.807) is 20.8 Å². The summed E-state index contributed by atoms with van der Waals surface area (Å²) in [6, 6.07) is 7.86. The van der Waals surface area contributed by atoms with Crippen LogP contribution in [0.1, 0.15) is 59.9 Å². The molecule has 2 atom stereocenters. The van der Waals surface area contributed by atoms with Crippen molar-refractivity contribution >= 4 is 18.0 Å². The van der Waals surface area contributed by atoms with Gasteiger partial charge in [0.2, 0.25) is 5.91 Å². The Morgan fingerprint density at radius 1 is 1.10 bits per heavy atom. The first-order valence-corrected chi connectivity index (χ1v) is 10.4. The highest BCUT2D eigenvalue weighted by Crippen LogP contribution is 2.27. The number of carbonyl (C=O) groups excluding carboxylic acids is 3. The summed E-state index contributed by atoms with van der Waals surface area (Å²) in [5.74, 6) is -0.708. The molecular formula is C23H34N2O5. The lowest BCUT2D eigenvalue weighted by atomic mass is 9.85. The summed E-state index contributed by atoms with van der Waals surface area (Å²) in [5.41, 5.74) is -0.336. The number of hydrogen-bond donors (Lipinski definition) is 1. The molecular weight excluding hydrogens is 384 g/mol. The second-order valence-electron chi connectivity index (χ2n) is 9.73. The van der Waals surface area contributed by atoms with Gasteiger partial charge >= 0.3 is 12.1 Å². The maximum atomic E-state index is 13.3. The first-order chi connectivity index (χ1) is 13.9. The maximum absolute atomic E-state index is 13.3. The van der Waals surface area contributed by atoms with Gasteiger partial charge in [-0.3, -0.25) is 4.79 Å². The quantitative estimate of drug-likeness (QED) is 0.738. The Morgan fingerprint density at radius 2 is 1.73 bits per heavy atom. The molecule has 0 spiro atoms. The third-order valence-electron chi connectivity index (χ3n) is 4.80. The van der Waals surface area contributed by atoms with Crippen LogP contribution in [-0.4, -0.2) is 47.1 Å². The monoisotopic (exact) mass is 418 g/mol. The Bertz CT molecular complexity index is 749. The van der Waals surface area contributed by atoms with Gasteiger partial charge in [-0.2, -0.15) is 0 Å². The van der Waals surface area contributed by atoms with Gasteiger partial charge in [-0.05, 0) is 44.6 Å². The van der Waals surface area contributed by atoms with E-state index in [1.165, 1.54) is 4.90 Å². The van der Waals surface area contributed by atoms with Gasteiger partial charge in [0, 0.05) is 6.54 Å². The molecule has 2 unspecified atom stereocenters. The van der Waals surface area contributed by atoms with E-state index in [0.717, 1.165) is 5.56 Å². The van der Waals surface area contributed by atoms with Gasteiger partial charge in [-0.1, -0.05) is 51.1 Å². The normalized spacial score (nSPS) is 17.9. The number of esters is 1.